The van der Waals surface area contributed by atoms with Crippen molar-refractivity contribution in [2.24, 2.45) is 0 Å². The van der Waals surface area contributed by atoms with Crippen molar-refractivity contribution in [1.82, 2.24) is 0 Å². The highest BCUT2D eigenvalue weighted by molar-refractivity contribution is 5.91. The molecule has 1 aliphatic rings. The summed E-state index contributed by atoms with van der Waals surface area (Å²) in [7, 11) is 0. The van der Waals surface area contributed by atoms with Gasteiger partial charge >= 0.3 is 17.9 Å². The van der Waals surface area contributed by atoms with E-state index in [1.54, 1.807) is 0 Å². The average Bonchev–Trinajstić information content (AvgIpc) is 2.82. The summed E-state index contributed by atoms with van der Waals surface area (Å²) in [4.78, 5) is 36.7. The number of carboxylic acid groups (broad SMARTS) is 1. The zero-order valence-corrected chi connectivity index (χ0v) is 18.7. The molecule has 0 spiro atoms. The molecule has 1 unspecified atom stereocenters. The van der Waals surface area contributed by atoms with Gasteiger partial charge in [0, 0.05) is 25.0 Å². The van der Waals surface area contributed by atoms with Gasteiger partial charge < -0.3 is 40.1 Å². The number of ether oxygens (including phenoxy) is 2. The molecule has 36 heavy (non-hydrogen) atoms. The highest BCUT2D eigenvalue weighted by Crippen LogP contribution is 2.35. The lowest BCUT2D eigenvalue weighted by Gasteiger charge is -2.41. The lowest BCUT2D eigenvalue weighted by atomic mass is 9.79. The number of carbonyl (C=O) groups excluding carboxylic acids is 2. The molecule has 1 fully saturated rings. The Morgan fingerprint density at radius 1 is 0.833 bits per heavy atom. The number of esters is 2. The van der Waals surface area contributed by atoms with Crippen molar-refractivity contribution in [3.8, 4) is 17.2 Å². The van der Waals surface area contributed by atoms with Crippen LogP contribution in [0, 0.1) is 0 Å². The summed E-state index contributed by atoms with van der Waals surface area (Å²) >= 11 is 0. The van der Waals surface area contributed by atoms with Crippen LogP contribution < -0.4 is 0 Å². The van der Waals surface area contributed by atoms with E-state index in [0.717, 1.165) is 18.2 Å². The SMILES string of the molecule is O=C(/C=C/c1ccc(O)cc1)O[C@@H]1CC(OC(=O)/C=C/c2ccc(O)c(O)c2)(C(=O)O)C[C@@H](O)[C@H]1O. The molecule has 11 nitrogen and oxygen atoms in total. The number of carbonyl (C=O) groups is 3. The molecule has 4 atom stereocenters. The number of aromatic hydroxyl groups is 3. The van der Waals surface area contributed by atoms with E-state index < -0.39 is 60.4 Å². The van der Waals surface area contributed by atoms with Crippen LogP contribution >= 0.6 is 0 Å². The Bertz CT molecular complexity index is 1180. The van der Waals surface area contributed by atoms with Gasteiger partial charge in [0.1, 0.15) is 18.0 Å². The van der Waals surface area contributed by atoms with E-state index in [2.05, 4.69) is 0 Å². The number of benzene rings is 2. The highest BCUT2D eigenvalue weighted by atomic mass is 16.6. The smallest absolute Gasteiger partial charge is 0.348 e. The number of carboxylic acids is 1. The number of rotatable bonds is 7. The van der Waals surface area contributed by atoms with Crippen molar-refractivity contribution < 1.29 is 54.5 Å². The highest BCUT2D eigenvalue weighted by Gasteiger charge is 2.54. The quantitative estimate of drug-likeness (QED) is 0.183. The van der Waals surface area contributed by atoms with Crippen LogP contribution in [0.3, 0.4) is 0 Å². The molecule has 0 heterocycles. The molecule has 190 valence electrons. The van der Waals surface area contributed by atoms with Gasteiger partial charge in [-0.25, -0.2) is 14.4 Å². The van der Waals surface area contributed by atoms with Crippen LogP contribution in [0.2, 0.25) is 0 Å². The van der Waals surface area contributed by atoms with E-state index in [9.17, 15) is 45.0 Å². The zero-order valence-electron chi connectivity index (χ0n) is 18.7. The first-order valence-electron chi connectivity index (χ1n) is 10.7. The maximum Gasteiger partial charge on any atom is 0.348 e. The number of aliphatic carboxylic acids is 1. The molecule has 1 saturated carbocycles. The van der Waals surface area contributed by atoms with Gasteiger partial charge in [-0.05, 0) is 47.5 Å². The monoisotopic (exact) mass is 500 g/mol. The van der Waals surface area contributed by atoms with Crippen LogP contribution in [0.1, 0.15) is 24.0 Å². The summed E-state index contributed by atoms with van der Waals surface area (Å²) < 4.78 is 10.3. The van der Waals surface area contributed by atoms with Crippen LogP contribution in [-0.2, 0) is 23.9 Å². The standard InChI is InChI=1S/C25H24O11/c26-16-6-1-14(2-7-16)4-9-21(30)35-20-13-25(24(33)34,12-19(29)23(20)32)36-22(31)10-5-15-3-8-17(27)18(28)11-15/h1-11,19-20,23,26-29,32H,12-13H2,(H,33,34)/b9-4+,10-5+/t19-,20-,23-,25?/m1/s1. The van der Waals surface area contributed by atoms with E-state index in [1.165, 1.54) is 48.6 Å². The molecule has 0 bridgehead atoms. The normalized spacial score (nSPS) is 24.0. The third-order valence-electron chi connectivity index (χ3n) is 5.51. The molecule has 6 N–H and O–H groups in total. The molecule has 0 saturated heterocycles. The zero-order chi connectivity index (χ0) is 26.5. The maximum atomic E-state index is 12.4. The molecule has 2 aromatic carbocycles. The number of phenols is 3. The summed E-state index contributed by atoms with van der Waals surface area (Å²) in [5.41, 5.74) is -1.45. The Balaban J connectivity index is 1.72. The van der Waals surface area contributed by atoms with Gasteiger partial charge in [-0.3, -0.25) is 0 Å². The fourth-order valence-corrected chi connectivity index (χ4v) is 3.62. The first kappa shape index (κ1) is 26.3. The number of aliphatic hydroxyl groups is 2. The predicted octanol–water partition coefficient (Wildman–Crippen LogP) is 1.32. The molecule has 11 heteroatoms. The van der Waals surface area contributed by atoms with E-state index in [-0.39, 0.29) is 11.5 Å². The van der Waals surface area contributed by atoms with Crippen molar-refractivity contribution in [2.45, 2.75) is 36.8 Å². The van der Waals surface area contributed by atoms with Crippen molar-refractivity contribution in [3.05, 3.63) is 65.7 Å². The van der Waals surface area contributed by atoms with E-state index in [0.29, 0.717) is 11.1 Å². The molecular formula is C25H24O11. The molecular weight excluding hydrogens is 476 g/mol. The Kier molecular flexibility index (Phi) is 7.97. The summed E-state index contributed by atoms with van der Waals surface area (Å²) in [6.07, 6.45) is -1.62. The fourth-order valence-electron chi connectivity index (χ4n) is 3.62. The first-order chi connectivity index (χ1) is 17.0. The Morgan fingerprint density at radius 2 is 1.44 bits per heavy atom. The summed E-state index contributed by atoms with van der Waals surface area (Å²) in [5, 5.41) is 58.5. The molecule has 2 aromatic rings. The van der Waals surface area contributed by atoms with Crippen molar-refractivity contribution >= 4 is 30.1 Å². The van der Waals surface area contributed by atoms with Gasteiger partial charge in [-0.2, -0.15) is 0 Å². The molecule has 0 aromatic heterocycles. The second-order valence-corrected chi connectivity index (χ2v) is 8.17. The van der Waals surface area contributed by atoms with Gasteiger partial charge in [-0.15, -0.1) is 0 Å². The second kappa shape index (κ2) is 10.9. The van der Waals surface area contributed by atoms with Crippen molar-refractivity contribution in [2.75, 3.05) is 0 Å². The third kappa shape index (κ3) is 6.40. The van der Waals surface area contributed by atoms with E-state index in [4.69, 9.17) is 9.47 Å². The predicted molar refractivity (Wildman–Crippen MR) is 124 cm³/mol. The van der Waals surface area contributed by atoms with Crippen molar-refractivity contribution in [1.29, 1.82) is 0 Å². The minimum Gasteiger partial charge on any atom is -0.508 e. The van der Waals surface area contributed by atoms with Gasteiger partial charge in [0.25, 0.3) is 0 Å². The van der Waals surface area contributed by atoms with Crippen LogP contribution in [-0.4, -0.2) is 72.5 Å². The number of aliphatic hydroxyl groups excluding tert-OH is 2. The number of hydrogen-bond acceptors (Lipinski definition) is 10. The van der Waals surface area contributed by atoms with Gasteiger partial charge in [0.2, 0.25) is 5.60 Å². The molecule has 3 rings (SSSR count). The molecule has 0 radical (unpaired) electrons. The van der Waals surface area contributed by atoms with E-state index >= 15 is 0 Å². The average molecular weight is 500 g/mol. The van der Waals surface area contributed by atoms with Gasteiger partial charge in [-0.1, -0.05) is 18.2 Å². The first-order valence-corrected chi connectivity index (χ1v) is 10.7. The van der Waals surface area contributed by atoms with Crippen LogP contribution in [0.4, 0.5) is 0 Å². The lowest BCUT2D eigenvalue weighted by molar-refractivity contribution is -0.207. The van der Waals surface area contributed by atoms with Crippen LogP contribution in [0.25, 0.3) is 12.2 Å². The topological polar surface area (TPSA) is 191 Å². The fraction of sp³-hybridized carbons (Fsp3) is 0.240. The molecule has 1 aliphatic carbocycles. The Labute approximate surface area is 204 Å². The van der Waals surface area contributed by atoms with Crippen LogP contribution in [0.15, 0.2) is 54.6 Å². The van der Waals surface area contributed by atoms with Crippen LogP contribution in [0.5, 0.6) is 17.2 Å². The largest absolute Gasteiger partial charge is 0.508 e. The summed E-state index contributed by atoms with van der Waals surface area (Å²) in [6, 6.07) is 9.59. The maximum absolute atomic E-state index is 12.4. The number of hydrogen-bond donors (Lipinski definition) is 6. The number of phenolic OH excluding ortho intramolecular Hbond substituents is 3. The van der Waals surface area contributed by atoms with Gasteiger partial charge in [0.15, 0.2) is 11.5 Å². The molecule has 0 aliphatic heterocycles. The van der Waals surface area contributed by atoms with Gasteiger partial charge in [0.05, 0.1) is 6.10 Å². The minimum atomic E-state index is -2.30. The minimum absolute atomic E-state index is 0.0321. The van der Waals surface area contributed by atoms with Crippen molar-refractivity contribution in [3.63, 3.8) is 0 Å². The second-order valence-electron chi connectivity index (χ2n) is 8.17. The lowest BCUT2D eigenvalue weighted by Crippen LogP contribution is -2.58. The van der Waals surface area contributed by atoms with E-state index in [1.807, 2.05) is 0 Å². The third-order valence-corrected chi connectivity index (χ3v) is 5.51. The summed E-state index contributed by atoms with van der Waals surface area (Å²) in [6.45, 7) is 0. The Morgan fingerprint density at radius 3 is 2.08 bits per heavy atom. The molecule has 0 amide bonds. The Hall–Kier alpha value is -4.35. The summed E-state index contributed by atoms with van der Waals surface area (Å²) in [5.74, 6) is -4.43.